The van der Waals surface area contributed by atoms with Crippen LogP contribution < -0.4 is 5.32 Å². The van der Waals surface area contributed by atoms with E-state index >= 15 is 0 Å². The summed E-state index contributed by atoms with van der Waals surface area (Å²) in [6, 6.07) is 12.0. The van der Waals surface area contributed by atoms with Crippen LogP contribution >= 0.6 is 34.8 Å². The predicted octanol–water partition coefficient (Wildman–Crippen LogP) is 5.29. The molecule has 106 valence electrons. The summed E-state index contributed by atoms with van der Waals surface area (Å²) in [6.45, 7) is 3.58. The van der Waals surface area contributed by atoms with Crippen molar-refractivity contribution >= 4 is 34.8 Å². The van der Waals surface area contributed by atoms with E-state index in [0.29, 0.717) is 21.6 Å². The molecule has 0 saturated heterocycles. The number of hydrogen-bond acceptors (Lipinski definition) is 1. The molecule has 2 aromatic carbocycles. The van der Waals surface area contributed by atoms with E-state index < -0.39 is 0 Å². The molecule has 0 fully saturated rings. The molecular weight excluding hydrogens is 313 g/mol. The summed E-state index contributed by atoms with van der Waals surface area (Å²) in [6.07, 6.45) is 0.970. The number of benzene rings is 2. The zero-order valence-electron chi connectivity index (χ0n) is 11.2. The Balaban J connectivity index is 1.89. The molecule has 0 atom stereocenters. The van der Waals surface area contributed by atoms with Gasteiger partial charge in [-0.15, -0.1) is 0 Å². The van der Waals surface area contributed by atoms with Crippen molar-refractivity contribution in [2.24, 2.45) is 0 Å². The van der Waals surface area contributed by atoms with Crippen LogP contribution in [-0.2, 0) is 13.0 Å². The van der Waals surface area contributed by atoms with E-state index in [2.05, 4.69) is 36.5 Å². The average Bonchev–Trinajstić information content (AvgIpc) is 2.42. The molecule has 0 aliphatic carbocycles. The molecule has 0 spiro atoms. The van der Waals surface area contributed by atoms with Crippen molar-refractivity contribution in [3.63, 3.8) is 0 Å². The van der Waals surface area contributed by atoms with Crippen molar-refractivity contribution in [1.29, 1.82) is 0 Å². The summed E-state index contributed by atoms with van der Waals surface area (Å²) in [5.41, 5.74) is 3.45. The van der Waals surface area contributed by atoms with Gasteiger partial charge in [-0.2, -0.15) is 0 Å². The number of hydrogen-bond donors (Lipinski definition) is 1. The lowest BCUT2D eigenvalue weighted by Crippen LogP contribution is -2.17. The van der Waals surface area contributed by atoms with Gasteiger partial charge in [-0.1, -0.05) is 64.6 Å². The van der Waals surface area contributed by atoms with Crippen LogP contribution in [0.5, 0.6) is 0 Å². The Kier molecular flexibility index (Phi) is 5.74. The smallest absolute Gasteiger partial charge is 0.0652 e. The van der Waals surface area contributed by atoms with Crippen LogP contribution in [0.3, 0.4) is 0 Å². The van der Waals surface area contributed by atoms with Gasteiger partial charge in [0.15, 0.2) is 0 Å². The molecule has 0 unspecified atom stereocenters. The van der Waals surface area contributed by atoms with Crippen molar-refractivity contribution in [3.8, 4) is 0 Å². The first-order chi connectivity index (χ1) is 9.58. The lowest BCUT2D eigenvalue weighted by atomic mass is 10.1. The van der Waals surface area contributed by atoms with Crippen molar-refractivity contribution < 1.29 is 0 Å². The first-order valence-corrected chi connectivity index (χ1v) is 7.60. The number of aryl methyl sites for hydroxylation is 1. The zero-order valence-corrected chi connectivity index (χ0v) is 13.5. The third-order valence-corrected chi connectivity index (χ3v) is 4.31. The van der Waals surface area contributed by atoms with Gasteiger partial charge in [0, 0.05) is 17.1 Å². The molecule has 1 N–H and O–H groups in total. The van der Waals surface area contributed by atoms with Gasteiger partial charge >= 0.3 is 0 Å². The van der Waals surface area contributed by atoms with Crippen LogP contribution in [0.25, 0.3) is 0 Å². The largest absolute Gasteiger partial charge is 0.312 e. The van der Waals surface area contributed by atoms with Crippen molar-refractivity contribution in [2.75, 3.05) is 6.54 Å². The molecule has 2 aromatic rings. The van der Waals surface area contributed by atoms with Gasteiger partial charge in [0.05, 0.1) is 10.0 Å². The minimum absolute atomic E-state index is 0.530. The normalized spacial score (nSPS) is 10.8. The molecule has 0 saturated carbocycles. The van der Waals surface area contributed by atoms with Gasteiger partial charge in [-0.05, 0) is 37.6 Å². The Labute approximate surface area is 134 Å². The SMILES string of the molecule is Cc1cccc(CCNCc2c(Cl)ccc(Cl)c2Cl)c1. The van der Waals surface area contributed by atoms with Crippen LogP contribution in [0.4, 0.5) is 0 Å². The first-order valence-electron chi connectivity index (χ1n) is 6.46. The molecule has 1 nitrogen and oxygen atoms in total. The third-order valence-electron chi connectivity index (χ3n) is 3.11. The maximum atomic E-state index is 6.16. The van der Waals surface area contributed by atoms with E-state index in [4.69, 9.17) is 34.8 Å². The lowest BCUT2D eigenvalue weighted by Gasteiger charge is -2.10. The molecule has 0 aliphatic heterocycles. The standard InChI is InChI=1S/C16H16Cl3N/c1-11-3-2-4-12(9-11)7-8-20-10-13-14(17)5-6-15(18)16(13)19/h2-6,9,20H,7-8,10H2,1H3. The fourth-order valence-corrected chi connectivity index (χ4v) is 2.73. The second-order valence-electron chi connectivity index (χ2n) is 4.74. The van der Waals surface area contributed by atoms with Gasteiger partial charge in [0.2, 0.25) is 0 Å². The highest BCUT2D eigenvalue weighted by molar-refractivity contribution is 6.44. The molecule has 4 heteroatoms. The number of nitrogens with one attached hydrogen (secondary N) is 1. The highest BCUT2D eigenvalue weighted by atomic mass is 35.5. The highest BCUT2D eigenvalue weighted by Gasteiger charge is 2.08. The summed E-state index contributed by atoms with van der Waals surface area (Å²) < 4.78 is 0. The van der Waals surface area contributed by atoms with Gasteiger partial charge in [0.25, 0.3) is 0 Å². The summed E-state index contributed by atoms with van der Waals surface area (Å²) in [5.74, 6) is 0. The van der Waals surface area contributed by atoms with E-state index in [1.807, 2.05) is 0 Å². The molecule has 20 heavy (non-hydrogen) atoms. The quantitative estimate of drug-likeness (QED) is 0.581. The molecule has 0 heterocycles. The van der Waals surface area contributed by atoms with E-state index in [9.17, 15) is 0 Å². The zero-order chi connectivity index (χ0) is 14.5. The molecule has 0 amide bonds. The minimum Gasteiger partial charge on any atom is -0.312 e. The van der Waals surface area contributed by atoms with Gasteiger partial charge < -0.3 is 5.32 Å². The van der Waals surface area contributed by atoms with Crippen LogP contribution in [-0.4, -0.2) is 6.54 Å². The number of rotatable bonds is 5. The number of halogens is 3. The van der Waals surface area contributed by atoms with Gasteiger partial charge in [-0.3, -0.25) is 0 Å². The highest BCUT2D eigenvalue weighted by Crippen LogP contribution is 2.31. The van der Waals surface area contributed by atoms with Gasteiger partial charge in [0.1, 0.15) is 0 Å². The maximum Gasteiger partial charge on any atom is 0.0652 e. The third kappa shape index (κ3) is 4.13. The molecule has 0 radical (unpaired) electrons. The Morgan fingerprint density at radius 3 is 2.50 bits per heavy atom. The molecule has 0 bridgehead atoms. The van der Waals surface area contributed by atoms with Crippen molar-refractivity contribution in [3.05, 3.63) is 68.2 Å². The lowest BCUT2D eigenvalue weighted by molar-refractivity contribution is 0.687. The summed E-state index contributed by atoms with van der Waals surface area (Å²) in [4.78, 5) is 0. The van der Waals surface area contributed by atoms with E-state index in [1.165, 1.54) is 11.1 Å². The van der Waals surface area contributed by atoms with Crippen molar-refractivity contribution in [1.82, 2.24) is 5.32 Å². The topological polar surface area (TPSA) is 12.0 Å². The Bertz CT molecular complexity index is 596. The monoisotopic (exact) mass is 327 g/mol. The second kappa shape index (κ2) is 7.33. The maximum absolute atomic E-state index is 6.16. The first kappa shape index (κ1) is 15.7. The molecule has 0 aliphatic rings. The minimum atomic E-state index is 0.530. The Morgan fingerprint density at radius 1 is 1.00 bits per heavy atom. The van der Waals surface area contributed by atoms with Gasteiger partial charge in [-0.25, -0.2) is 0 Å². The van der Waals surface area contributed by atoms with Crippen LogP contribution in [0.1, 0.15) is 16.7 Å². The van der Waals surface area contributed by atoms with Crippen LogP contribution in [0, 0.1) is 6.92 Å². The molecular formula is C16H16Cl3N. The van der Waals surface area contributed by atoms with Crippen molar-refractivity contribution in [2.45, 2.75) is 19.9 Å². The van der Waals surface area contributed by atoms with Crippen LogP contribution in [0.2, 0.25) is 15.1 Å². The Morgan fingerprint density at radius 2 is 1.75 bits per heavy atom. The summed E-state index contributed by atoms with van der Waals surface area (Å²) in [7, 11) is 0. The predicted molar refractivity (Wildman–Crippen MR) is 88.1 cm³/mol. The fraction of sp³-hybridized carbons (Fsp3) is 0.250. The molecule has 0 aromatic heterocycles. The molecule has 2 rings (SSSR count). The summed E-state index contributed by atoms with van der Waals surface area (Å²) in [5, 5.41) is 5.06. The fourth-order valence-electron chi connectivity index (χ4n) is 2.04. The van der Waals surface area contributed by atoms with E-state index in [1.54, 1.807) is 12.1 Å². The summed E-state index contributed by atoms with van der Waals surface area (Å²) >= 11 is 18.3. The Hall–Kier alpha value is -0.730. The second-order valence-corrected chi connectivity index (χ2v) is 5.93. The average molecular weight is 329 g/mol. The van der Waals surface area contributed by atoms with E-state index in [0.717, 1.165) is 18.5 Å². The van der Waals surface area contributed by atoms with E-state index in [-0.39, 0.29) is 0 Å². The van der Waals surface area contributed by atoms with Crippen LogP contribution in [0.15, 0.2) is 36.4 Å².